The second-order valence-electron chi connectivity index (χ2n) is 6.72. The molecule has 152 valence electrons. The number of ether oxygens (including phenoxy) is 1. The van der Waals surface area contributed by atoms with Crippen LogP contribution in [-0.4, -0.2) is 22.8 Å². The molecule has 0 saturated carbocycles. The van der Waals surface area contributed by atoms with E-state index in [0.29, 0.717) is 23.9 Å². The average molecular weight is 439 g/mol. The van der Waals surface area contributed by atoms with Crippen LogP contribution in [0.5, 0.6) is 5.75 Å². The van der Waals surface area contributed by atoms with E-state index < -0.39 is 0 Å². The minimum Gasteiger partial charge on any atom is -0.489 e. The van der Waals surface area contributed by atoms with Gasteiger partial charge in [0, 0.05) is 23.0 Å². The first-order valence-corrected chi connectivity index (χ1v) is 10.6. The van der Waals surface area contributed by atoms with E-state index >= 15 is 0 Å². The number of benzene rings is 2. The molecule has 0 unspecified atom stereocenters. The molecule has 4 aromatic rings. The number of carbonyl (C=O) groups is 1. The van der Waals surface area contributed by atoms with Crippen LogP contribution in [-0.2, 0) is 13.2 Å². The van der Waals surface area contributed by atoms with Gasteiger partial charge in [-0.15, -0.1) is 11.3 Å². The standard InChI is InChI=1S/C23H19ClN2O3S/c1-26(13-20-6-3-11-28-20)23(27)21-15-30-22(25-21)17-7-9-19(10-8-17)29-14-16-4-2-5-18(24)12-16/h2-12,15H,13-14H2,1H3. The summed E-state index contributed by atoms with van der Waals surface area (Å²) in [7, 11) is 1.73. The lowest BCUT2D eigenvalue weighted by molar-refractivity contribution is 0.0770. The molecule has 2 heterocycles. The van der Waals surface area contributed by atoms with Gasteiger partial charge in [-0.2, -0.15) is 0 Å². The van der Waals surface area contributed by atoms with Gasteiger partial charge in [-0.05, 0) is 54.1 Å². The van der Waals surface area contributed by atoms with Gasteiger partial charge in [-0.1, -0.05) is 23.7 Å². The zero-order chi connectivity index (χ0) is 20.9. The lowest BCUT2D eigenvalue weighted by Gasteiger charge is -2.13. The van der Waals surface area contributed by atoms with Crippen molar-refractivity contribution >= 4 is 28.8 Å². The van der Waals surface area contributed by atoms with Gasteiger partial charge in [0.05, 0.1) is 12.8 Å². The van der Waals surface area contributed by atoms with E-state index in [-0.39, 0.29) is 5.91 Å². The molecule has 0 aliphatic heterocycles. The number of furan rings is 1. The fourth-order valence-corrected chi connectivity index (χ4v) is 3.91. The first kappa shape index (κ1) is 20.2. The van der Waals surface area contributed by atoms with E-state index in [1.165, 1.54) is 11.3 Å². The first-order valence-electron chi connectivity index (χ1n) is 9.29. The smallest absolute Gasteiger partial charge is 0.273 e. The lowest BCUT2D eigenvalue weighted by atomic mass is 10.2. The zero-order valence-electron chi connectivity index (χ0n) is 16.2. The quantitative estimate of drug-likeness (QED) is 0.360. The van der Waals surface area contributed by atoms with E-state index in [9.17, 15) is 4.79 Å². The van der Waals surface area contributed by atoms with Crippen molar-refractivity contribution in [2.45, 2.75) is 13.2 Å². The van der Waals surface area contributed by atoms with Crippen LogP contribution in [0.1, 0.15) is 21.8 Å². The van der Waals surface area contributed by atoms with Gasteiger partial charge in [0.25, 0.3) is 5.91 Å². The molecular weight excluding hydrogens is 420 g/mol. The van der Waals surface area contributed by atoms with Gasteiger partial charge in [0.2, 0.25) is 0 Å². The summed E-state index contributed by atoms with van der Waals surface area (Å²) in [5, 5.41) is 3.25. The first-order chi connectivity index (χ1) is 14.6. The molecule has 0 bridgehead atoms. The van der Waals surface area contributed by atoms with Crippen molar-refractivity contribution < 1.29 is 13.9 Å². The Bertz CT molecular complexity index is 1120. The van der Waals surface area contributed by atoms with Gasteiger partial charge in [-0.25, -0.2) is 4.98 Å². The fraction of sp³-hybridized carbons (Fsp3) is 0.130. The Hall–Kier alpha value is -3.09. The number of thiazole rings is 1. The van der Waals surface area contributed by atoms with Crippen molar-refractivity contribution in [1.29, 1.82) is 0 Å². The maximum atomic E-state index is 12.6. The fourth-order valence-electron chi connectivity index (χ4n) is 2.90. The number of carbonyl (C=O) groups excluding carboxylic acids is 1. The van der Waals surface area contributed by atoms with Crippen LogP contribution in [0.25, 0.3) is 10.6 Å². The van der Waals surface area contributed by atoms with Crippen molar-refractivity contribution in [1.82, 2.24) is 9.88 Å². The Morgan fingerprint density at radius 2 is 2.00 bits per heavy atom. The molecule has 30 heavy (non-hydrogen) atoms. The Balaban J connectivity index is 1.38. The molecule has 5 nitrogen and oxygen atoms in total. The molecule has 0 radical (unpaired) electrons. The Morgan fingerprint density at radius 3 is 2.73 bits per heavy atom. The average Bonchev–Trinajstić information content (AvgIpc) is 3.44. The molecule has 2 aromatic carbocycles. The Kier molecular flexibility index (Phi) is 6.16. The molecule has 0 saturated heterocycles. The normalized spacial score (nSPS) is 10.7. The molecule has 0 aliphatic carbocycles. The third-order valence-electron chi connectivity index (χ3n) is 4.44. The van der Waals surface area contributed by atoms with Crippen LogP contribution in [0.4, 0.5) is 0 Å². The van der Waals surface area contributed by atoms with Gasteiger partial charge >= 0.3 is 0 Å². The molecule has 7 heteroatoms. The molecule has 0 fully saturated rings. The summed E-state index contributed by atoms with van der Waals surface area (Å²) in [6, 6.07) is 18.9. The van der Waals surface area contributed by atoms with E-state index in [0.717, 1.165) is 27.6 Å². The number of aromatic nitrogens is 1. The summed E-state index contributed by atoms with van der Waals surface area (Å²) in [5.74, 6) is 1.34. The maximum Gasteiger partial charge on any atom is 0.273 e. The van der Waals surface area contributed by atoms with E-state index in [2.05, 4.69) is 4.98 Å². The van der Waals surface area contributed by atoms with Crippen LogP contribution in [0.2, 0.25) is 5.02 Å². The molecule has 0 spiro atoms. The van der Waals surface area contributed by atoms with Crippen molar-refractivity contribution in [2.75, 3.05) is 7.05 Å². The van der Waals surface area contributed by atoms with Crippen LogP contribution in [0.15, 0.2) is 76.7 Å². The van der Waals surface area contributed by atoms with Gasteiger partial charge < -0.3 is 14.1 Å². The van der Waals surface area contributed by atoms with Gasteiger partial charge in [0.15, 0.2) is 0 Å². The maximum absolute atomic E-state index is 12.6. The molecule has 0 N–H and O–H groups in total. The monoisotopic (exact) mass is 438 g/mol. The number of rotatable bonds is 7. The SMILES string of the molecule is CN(Cc1ccco1)C(=O)c1csc(-c2ccc(OCc3cccc(Cl)c3)cc2)n1. The predicted octanol–water partition coefficient (Wildman–Crippen LogP) is 5.91. The van der Waals surface area contributed by atoms with Crippen LogP contribution < -0.4 is 4.74 Å². The topological polar surface area (TPSA) is 55.6 Å². The molecule has 4 rings (SSSR count). The van der Waals surface area contributed by atoms with Crippen LogP contribution in [0.3, 0.4) is 0 Å². The summed E-state index contributed by atoms with van der Waals surface area (Å²) in [4.78, 5) is 18.7. The lowest BCUT2D eigenvalue weighted by Crippen LogP contribution is -2.26. The number of amides is 1. The highest BCUT2D eigenvalue weighted by atomic mass is 35.5. The van der Waals surface area contributed by atoms with Gasteiger partial charge in [0.1, 0.15) is 28.8 Å². The highest BCUT2D eigenvalue weighted by Crippen LogP contribution is 2.27. The van der Waals surface area contributed by atoms with E-state index in [1.807, 2.05) is 54.6 Å². The molecule has 0 aliphatic rings. The van der Waals surface area contributed by atoms with Crippen molar-refractivity contribution in [3.8, 4) is 16.3 Å². The third-order valence-corrected chi connectivity index (χ3v) is 5.57. The Morgan fingerprint density at radius 1 is 1.17 bits per heavy atom. The summed E-state index contributed by atoms with van der Waals surface area (Å²) in [6.45, 7) is 0.842. The molecular formula is C23H19ClN2O3S. The predicted molar refractivity (Wildman–Crippen MR) is 118 cm³/mol. The number of halogens is 1. The zero-order valence-corrected chi connectivity index (χ0v) is 17.8. The van der Waals surface area contributed by atoms with Crippen molar-refractivity contribution in [3.63, 3.8) is 0 Å². The highest BCUT2D eigenvalue weighted by molar-refractivity contribution is 7.13. The minimum absolute atomic E-state index is 0.143. The third kappa shape index (κ3) is 4.90. The second kappa shape index (κ2) is 9.15. The summed E-state index contributed by atoms with van der Waals surface area (Å²) < 4.78 is 11.1. The van der Waals surface area contributed by atoms with E-state index in [4.69, 9.17) is 20.8 Å². The molecule has 2 aromatic heterocycles. The summed E-state index contributed by atoms with van der Waals surface area (Å²) in [6.07, 6.45) is 1.59. The number of hydrogen-bond donors (Lipinski definition) is 0. The highest BCUT2D eigenvalue weighted by Gasteiger charge is 2.17. The minimum atomic E-state index is -0.143. The summed E-state index contributed by atoms with van der Waals surface area (Å²) >= 11 is 7.44. The largest absolute Gasteiger partial charge is 0.489 e. The van der Waals surface area contributed by atoms with E-state index in [1.54, 1.807) is 29.7 Å². The van der Waals surface area contributed by atoms with Crippen LogP contribution >= 0.6 is 22.9 Å². The van der Waals surface area contributed by atoms with Crippen molar-refractivity contribution in [2.24, 2.45) is 0 Å². The number of nitrogens with zero attached hydrogens (tertiary/aromatic N) is 2. The Labute approximate surface area is 183 Å². The molecule has 1 amide bonds. The van der Waals surface area contributed by atoms with Crippen molar-refractivity contribution in [3.05, 3.63) is 94.3 Å². The van der Waals surface area contributed by atoms with Gasteiger partial charge in [-0.3, -0.25) is 4.79 Å². The molecule has 0 atom stereocenters. The summed E-state index contributed by atoms with van der Waals surface area (Å²) in [5.41, 5.74) is 2.36. The second-order valence-corrected chi connectivity index (χ2v) is 8.02. The number of hydrogen-bond acceptors (Lipinski definition) is 5. The van der Waals surface area contributed by atoms with Crippen LogP contribution in [0, 0.1) is 0 Å².